The molecule has 6 nitrogen and oxygen atoms in total. The quantitative estimate of drug-likeness (QED) is 0.779. The molecule has 1 aromatic heterocycles. The van der Waals surface area contributed by atoms with Crippen LogP contribution in [0.1, 0.15) is 31.2 Å². The van der Waals surface area contributed by atoms with Gasteiger partial charge in [0, 0.05) is 37.7 Å². The van der Waals surface area contributed by atoms with E-state index in [0.29, 0.717) is 11.9 Å². The molecule has 1 amide bonds. The molecule has 160 valence electrons. The third kappa shape index (κ3) is 4.48. The van der Waals surface area contributed by atoms with Gasteiger partial charge in [0.15, 0.2) is 5.82 Å². The summed E-state index contributed by atoms with van der Waals surface area (Å²) in [6.07, 6.45) is 3.94. The standard InChI is InChI=1S/C24H33N5O/c1-18-6-4-5-7-21(18)22-8-9-23(26-25-22)29-16-10-19(11-17-29)24(30)28(3)20-12-14-27(2)15-13-20/h4-9,19-20H,10-17H2,1-3H3. The Morgan fingerprint density at radius 2 is 1.67 bits per heavy atom. The Labute approximate surface area is 179 Å². The Hall–Kier alpha value is -2.47. The molecule has 2 saturated heterocycles. The molecule has 2 aliphatic heterocycles. The summed E-state index contributed by atoms with van der Waals surface area (Å²) in [6, 6.07) is 12.7. The van der Waals surface area contributed by atoms with E-state index in [4.69, 9.17) is 0 Å². The molecule has 2 aliphatic rings. The van der Waals surface area contributed by atoms with Gasteiger partial charge >= 0.3 is 0 Å². The second-order valence-electron chi connectivity index (χ2n) is 8.84. The predicted molar refractivity (Wildman–Crippen MR) is 120 cm³/mol. The number of likely N-dealkylation sites (tertiary alicyclic amines) is 1. The highest BCUT2D eigenvalue weighted by molar-refractivity contribution is 5.79. The van der Waals surface area contributed by atoms with Crippen LogP contribution in [0, 0.1) is 12.8 Å². The summed E-state index contributed by atoms with van der Waals surface area (Å²) in [4.78, 5) is 19.7. The molecule has 0 atom stereocenters. The first-order chi connectivity index (χ1) is 14.5. The average molecular weight is 408 g/mol. The molecule has 0 bridgehead atoms. The number of aromatic nitrogens is 2. The lowest BCUT2D eigenvalue weighted by Gasteiger charge is -2.38. The van der Waals surface area contributed by atoms with Crippen LogP contribution in [0.4, 0.5) is 5.82 Å². The number of piperidine rings is 2. The largest absolute Gasteiger partial charge is 0.355 e. The van der Waals surface area contributed by atoms with E-state index in [0.717, 1.165) is 68.9 Å². The number of carbonyl (C=O) groups excluding carboxylic acids is 1. The smallest absolute Gasteiger partial charge is 0.225 e. The minimum Gasteiger partial charge on any atom is -0.355 e. The van der Waals surface area contributed by atoms with Crippen molar-refractivity contribution in [2.24, 2.45) is 5.92 Å². The molecule has 0 spiro atoms. The molecular formula is C24H33N5O. The summed E-state index contributed by atoms with van der Waals surface area (Å²) >= 11 is 0. The van der Waals surface area contributed by atoms with Gasteiger partial charge in [-0.05, 0) is 70.4 Å². The Bertz CT molecular complexity index is 852. The zero-order valence-corrected chi connectivity index (χ0v) is 18.4. The first kappa shape index (κ1) is 20.8. The lowest BCUT2D eigenvalue weighted by molar-refractivity contribution is -0.137. The van der Waals surface area contributed by atoms with Crippen LogP contribution in [0.2, 0.25) is 0 Å². The number of hydrogen-bond donors (Lipinski definition) is 0. The van der Waals surface area contributed by atoms with E-state index in [1.165, 1.54) is 5.56 Å². The Balaban J connectivity index is 1.33. The van der Waals surface area contributed by atoms with E-state index in [2.05, 4.69) is 58.2 Å². The van der Waals surface area contributed by atoms with Crippen LogP contribution in [0.3, 0.4) is 0 Å². The Morgan fingerprint density at radius 1 is 0.967 bits per heavy atom. The van der Waals surface area contributed by atoms with E-state index in [-0.39, 0.29) is 5.92 Å². The first-order valence-corrected chi connectivity index (χ1v) is 11.1. The van der Waals surface area contributed by atoms with Crippen molar-refractivity contribution >= 4 is 11.7 Å². The van der Waals surface area contributed by atoms with Crippen LogP contribution in [0.5, 0.6) is 0 Å². The molecular weight excluding hydrogens is 374 g/mol. The minimum absolute atomic E-state index is 0.130. The highest BCUT2D eigenvalue weighted by Crippen LogP contribution is 2.26. The van der Waals surface area contributed by atoms with Gasteiger partial charge in [-0.25, -0.2) is 0 Å². The molecule has 0 saturated carbocycles. The number of nitrogens with zero attached hydrogens (tertiary/aromatic N) is 5. The van der Waals surface area contributed by atoms with E-state index in [9.17, 15) is 4.79 Å². The van der Waals surface area contributed by atoms with Crippen LogP contribution in [0.25, 0.3) is 11.3 Å². The van der Waals surface area contributed by atoms with Gasteiger partial charge in [0.2, 0.25) is 5.91 Å². The van der Waals surface area contributed by atoms with Crippen LogP contribution >= 0.6 is 0 Å². The maximum absolute atomic E-state index is 13.0. The van der Waals surface area contributed by atoms with Gasteiger partial charge in [0.25, 0.3) is 0 Å². The van der Waals surface area contributed by atoms with Crippen molar-refractivity contribution in [3.8, 4) is 11.3 Å². The summed E-state index contributed by atoms with van der Waals surface area (Å²) in [5.41, 5.74) is 3.23. The SMILES string of the molecule is Cc1ccccc1-c1ccc(N2CCC(C(=O)N(C)C3CCN(C)CC3)CC2)nn1. The van der Waals surface area contributed by atoms with Crippen LogP contribution < -0.4 is 4.90 Å². The minimum atomic E-state index is 0.130. The molecule has 0 aliphatic carbocycles. The van der Waals surface area contributed by atoms with Crippen molar-refractivity contribution in [1.82, 2.24) is 20.0 Å². The number of amides is 1. The maximum atomic E-state index is 13.0. The third-order valence-corrected chi connectivity index (χ3v) is 6.82. The Morgan fingerprint density at radius 3 is 2.30 bits per heavy atom. The first-order valence-electron chi connectivity index (χ1n) is 11.1. The number of hydrogen-bond acceptors (Lipinski definition) is 5. The molecule has 30 heavy (non-hydrogen) atoms. The van der Waals surface area contributed by atoms with Crippen molar-refractivity contribution < 1.29 is 4.79 Å². The van der Waals surface area contributed by atoms with E-state index in [1.807, 2.05) is 24.1 Å². The van der Waals surface area contributed by atoms with Crippen molar-refractivity contribution in [2.45, 2.75) is 38.6 Å². The lowest BCUT2D eigenvalue weighted by Crippen LogP contribution is -2.48. The summed E-state index contributed by atoms with van der Waals surface area (Å²) in [5.74, 6) is 1.36. The lowest BCUT2D eigenvalue weighted by atomic mass is 9.93. The zero-order valence-electron chi connectivity index (χ0n) is 18.4. The van der Waals surface area contributed by atoms with Crippen molar-refractivity contribution in [1.29, 1.82) is 0 Å². The number of carbonyl (C=O) groups is 1. The number of anilines is 1. The van der Waals surface area contributed by atoms with Gasteiger partial charge in [-0.15, -0.1) is 10.2 Å². The molecule has 0 N–H and O–H groups in total. The summed E-state index contributed by atoms with van der Waals surface area (Å²) in [6.45, 7) is 5.97. The van der Waals surface area contributed by atoms with Crippen LogP contribution in [-0.2, 0) is 4.79 Å². The molecule has 2 fully saturated rings. The number of benzene rings is 1. The van der Waals surface area contributed by atoms with E-state index >= 15 is 0 Å². The second kappa shape index (κ2) is 9.13. The van der Waals surface area contributed by atoms with Crippen LogP contribution in [0.15, 0.2) is 36.4 Å². The average Bonchev–Trinajstić information content (AvgIpc) is 2.79. The fraction of sp³-hybridized carbons (Fsp3) is 0.542. The molecule has 4 rings (SSSR count). The normalized spacial score (nSPS) is 19.1. The highest BCUT2D eigenvalue weighted by Gasteiger charge is 2.31. The van der Waals surface area contributed by atoms with Gasteiger partial charge in [-0.2, -0.15) is 0 Å². The fourth-order valence-corrected chi connectivity index (χ4v) is 4.70. The molecule has 0 radical (unpaired) electrons. The number of aryl methyl sites for hydroxylation is 1. The zero-order chi connectivity index (χ0) is 21.1. The molecule has 3 heterocycles. The maximum Gasteiger partial charge on any atom is 0.225 e. The third-order valence-electron chi connectivity index (χ3n) is 6.82. The summed E-state index contributed by atoms with van der Waals surface area (Å²) in [5, 5.41) is 8.95. The fourth-order valence-electron chi connectivity index (χ4n) is 4.70. The van der Waals surface area contributed by atoms with E-state index < -0.39 is 0 Å². The topological polar surface area (TPSA) is 52.6 Å². The predicted octanol–water partition coefficient (Wildman–Crippen LogP) is 3.22. The van der Waals surface area contributed by atoms with Gasteiger partial charge in [0.05, 0.1) is 5.69 Å². The van der Waals surface area contributed by atoms with Gasteiger partial charge in [-0.3, -0.25) is 4.79 Å². The van der Waals surface area contributed by atoms with E-state index in [1.54, 1.807) is 0 Å². The van der Waals surface area contributed by atoms with Crippen LogP contribution in [-0.4, -0.2) is 72.2 Å². The van der Waals surface area contributed by atoms with Crippen molar-refractivity contribution in [2.75, 3.05) is 45.2 Å². The molecule has 0 unspecified atom stereocenters. The van der Waals surface area contributed by atoms with Gasteiger partial charge in [-0.1, -0.05) is 24.3 Å². The van der Waals surface area contributed by atoms with Gasteiger partial charge < -0.3 is 14.7 Å². The van der Waals surface area contributed by atoms with Gasteiger partial charge in [0.1, 0.15) is 0 Å². The Kier molecular flexibility index (Phi) is 6.32. The van der Waals surface area contributed by atoms with Crippen molar-refractivity contribution in [3.05, 3.63) is 42.0 Å². The second-order valence-corrected chi connectivity index (χ2v) is 8.84. The molecule has 6 heteroatoms. The van der Waals surface area contributed by atoms with Crippen molar-refractivity contribution in [3.63, 3.8) is 0 Å². The summed E-state index contributed by atoms with van der Waals surface area (Å²) < 4.78 is 0. The monoisotopic (exact) mass is 407 g/mol. The highest BCUT2D eigenvalue weighted by atomic mass is 16.2. The molecule has 2 aromatic rings. The molecule has 1 aromatic carbocycles. The number of rotatable bonds is 4. The summed E-state index contributed by atoms with van der Waals surface area (Å²) in [7, 11) is 4.16.